The largest absolute Gasteiger partial charge is 0.472 e. The maximum Gasteiger partial charge on any atom is 0.472 e. The van der Waals surface area contributed by atoms with Crippen LogP contribution in [0.4, 0.5) is 0 Å². The maximum atomic E-state index is 13.1. The molecule has 0 saturated carbocycles. The van der Waals surface area contributed by atoms with Crippen LogP contribution in [0.2, 0.25) is 0 Å². The number of rotatable bonds is 76. The molecule has 3 unspecified atom stereocenters. The molecule has 0 rings (SSSR count). The van der Waals surface area contributed by atoms with Crippen LogP contribution in [-0.4, -0.2) is 96.7 Å². The third-order valence-electron chi connectivity index (χ3n) is 18.3. The zero-order valence-corrected chi connectivity index (χ0v) is 64.5. The molecular formula is C77H150O17P2. The zero-order chi connectivity index (χ0) is 70.7. The van der Waals surface area contributed by atoms with Gasteiger partial charge >= 0.3 is 39.5 Å². The van der Waals surface area contributed by atoms with Crippen LogP contribution < -0.4 is 0 Å². The fraction of sp³-hybridized carbons (Fsp3) is 0.948. The van der Waals surface area contributed by atoms with E-state index in [4.69, 9.17) is 37.0 Å². The Labute approximate surface area is 588 Å². The van der Waals surface area contributed by atoms with Crippen molar-refractivity contribution < 1.29 is 80.2 Å². The molecule has 0 aromatic carbocycles. The van der Waals surface area contributed by atoms with Crippen LogP contribution in [0.15, 0.2) is 0 Å². The number of carbonyl (C=O) groups is 4. The smallest absolute Gasteiger partial charge is 0.462 e. The van der Waals surface area contributed by atoms with Crippen LogP contribution in [0, 0.1) is 11.8 Å². The van der Waals surface area contributed by atoms with Crippen LogP contribution in [0.5, 0.6) is 0 Å². The van der Waals surface area contributed by atoms with Crippen LogP contribution >= 0.6 is 15.6 Å². The normalized spacial score (nSPS) is 14.3. The molecule has 570 valence electrons. The first kappa shape index (κ1) is 94.1. The number of ether oxygens (including phenoxy) is 4. The third-order valence-corrected chi connectivity index (χ3v) is 20.2. The lowest BCUT2D eigenvalue weighted by molar-refractivity contribution is -0.161. The second kappa shape index (κ2) is 68.8. The second-order valence-electron chi connectivity index (χ2n) is 28.5. The lowest BCUT2D eigenvalue weighted by Gasteiger charge is -2.21. The molecule has 0 heterocycles. The molecule has 0 aliphatic rings. The van der Waals surface area contributed by atoms with Gasteiger partial charge in [-0.2, -0.15) is 0 Å². The molecule has 0 aliphatic carbocycles. The molecule has 0 aliphatic heterocycles. The van der Waals surface area contributed by atoms with Gasteiger partial charge in [0.05, 0.1) is 26.4 Å². The van der Waals surface area contributed by atoms with Crippen LogP contribution in [0.3, 0.4) is 0 Å². The fourth-order valence-electron chi connectivity index (χ4n) is 11.8. The van der Waals surface area contributed by atoms with E-state index in [0.717, 1.165) is 95.8 Å². The van der Waals surface area contributed by atoms with Gasteiger partial charge in [0.25, 0.3) is 0 Å². The Balaban J connectivity index is 5.21. The molecule has 0 spiro atoms. The highest BCUT2D eigenvalue weighted by Crippen LogP contribution is 2.45. The van der Waals surface area contributed by atoms with Crippen molar-refractivity contribution in [1.29, 1.82) is 0 Å². The number of unbranched alkanes of at least 4 members (excludes halogenated alkanes) is 45. The van der Waals surface area contributed by atoms with Crippen LogP contribution in [-0.2, 0) is 65.4 Å². The molecule has 0 bridgehead atoms. The molecule has 0 aromatic heterocycles. The van der Waals surface area contributed by atoms with E-state index in [2.05, 4.69) is 41.5 Å². The van der Waals surface area contributed by atoms with Gasteiger partial charge in [-0.05, 0) is 37.5 Å². The van der Waals surface area contributed by atoms with Gasteiger partial charge in [-0.1, -0.05) is 350 Å². The van der Waals surface area contributed by atoms with Crippen molar-refractivity contribution in [3.63, 3.8) is 0 Å². The fourth-order valence-corrected chi connectivity index (χ4v) is 13.4. The summed E-state index contributed by atoms with van der Waals surface area (Å²) in [7, 11) is -9.91. The molecule has 6 atom stereocenters. The highest BCUT2D eigenvalue weighted by molar-refractivity contribution is 7.47. The average Bonchev–Trinajstić information content (AvgIpc) is 1.50. The van der Waals surface area contributed by atoms with E-state index < -0.39 is 97.5 Å². The minimum atomic E-state index is -4.96. The zero-order valence-electron chi connectivity index (χ0n) is 62.7. The van der Waals surface area contributed by atoms with Gasteiger partial charge in [0.1, 0.15) is 19.3 Å². The van der Waals surface area contributed by atoms with E-state index >= 15 is 0 Å². The van der Waals surface area contributed by atoms with Crippen molar-refractivity contribution >= 4 is 39.5 Å². The highest BCUT2D eigenvalue weighted by atomic mass is 31.2. The molecule has 0 radical (unpaired) electrons. The molecule has 96 heavy (non-hydrogen) atoms. The number of hydrogen-bond donors (Lipinski definition) is 3. The van der Waals surface area contributed by atoms with Crippen molar-refractivity contribution in [2.24, 2.45) is 11.8 Å². The first-order valence-corrected chi connectivity index (χ1v) is 43.0. The molecule has 3 N–H and O–H groups in total. The lowest BCUT2D eigenvalue weighted by Crippen LogP contribution is -2.30. The quantitative estimate of drug-likeness (QED) is 0.0222. The number of hydrogen-bond acceptors (Lipinski definition) is 15. The molecule has 0 saturated heterocycles. The Hall–Kier alpha value is -1.94. The molecule has 0 amide bonds. The van der Waals surface area contributed by atoms with Crippen LogP contribution in [0.25, 0.3) is 0 Å². The predicted molar refractivity (Wildman–Crippen MR) is 391 cm³/mol. The van der Waals surface area contributed by atoms with E-state index in [0.29, 0.717) is 31.6 Å². The summed E-state index contributed by atoms with van der Waals surface area (Å²) in [5, 5.41) is 10.6. The van der Waals surface area contributed by atoms with Gasteiger partial charge in [0.15, 0.2) is 12.2 Å². The monoisotopic (exact) mass is 1410 g/mol. The minimum absolute atomic E-state index is 0.104. The summed E-state index contributed by atoms with van der Waals surface area (Å²) in [6.45, 7) is 9.58. The topological polar surface area (TPSA) is 237 Å². The van der Waals surface area contributed by atoms with E-state index in [1.54, 1.807) is 0 Å². The summed E-state index contributed by atoms with van der Waals surface area (Å²) < 4.78 is 68.5. The maximum absolute atomic E-state index is 13.1. The number of aliphatic hydroxyl groups is 1. The van der Waals surface area contributed by atoms with Crippen molar-refractivity contribution in [3.05, 3.63) is 0 Å². The number of phosphoric ester groups is 2. The van der Waals surface area contributed by atoms with Crippen LogP contribution in [0.1, 0.15) is 401 Å². The van der Waals surface area contributed by atoms with Crippen molar-refractivity contribution in [2.75, 3.05) is 39.6 Å². The molecule has 0 fully saturated rings. The summed E-state index contributed by atoms with van der Waals surface area (Å²) in [6.07, 6.45) is 56.9. The lowest BCUT2D eigenvalue weighted by atomic mass is 9.99. The summed E-state index contributed by atoms with van der Waals surface area (Å²) in [4.78, 5) is 72.8. The molecule has 0 aromatic rings. The Bertz CT molecular complexity index is 1860. The first-order valence-electron chi connectivity index (χ1n) is 40.0. The Morgan fingerprint density at radius 3 is 0.792 bits per heavy atom. The second-order valence-corrected chi connectivity index (χ2v) is 31.4. The van der Waals surface area contributed by atoms with Crippen molar-refractivity contribution in [2.45, 2.75) is 419 Å². The summed E-state index contributed by atoms with van der Waals surface area (Å²) in [5.74, 6) is -0.575. The first-order chi connectivity index (χ1) is 46.4. The van der Waals surface area contributed by atoms with Gasteiger partial charge in [0.2, 0.25) is 0 Å². The summed E-state index contributed by atoms with van der Waals surface area (Å²) >= 11 is 0. The van der Waals surface area contributed by atoms with Gasteiger partial charge in [-0.3, -0.25) is 37.3 Å². The van der Waals surface area contributed by atoms with Gasteiger partial charge in [-0.15, -0.1) is 0 Å². The summed E-state index contributed by atoms with van der Waals surface area (Å²) in [6, 6.07) is 0. The van der Waals surface area contributed by atoms with Crippen molar-refractivity contribution in [1.82, 2.24) is 0 Å². The standard InChI is InChI=1S/C77H150O17P2/c1-7-10-12-14-16-18-20-21-22-23-24-25-29-32-36-42-48-54-60-75(80)88-65-72(93-76(81)61-55-49-43-37-33-30-27-26-28-31-34-40-46-52-58-70(6)9-3)67-91-95(83,84)89-63-71(78)64-90-96(85,86)92-68-73(94-77(82)62-56-50-44-38-39-45-51-57-69(4)5)66-87-74(79)59-53-47-41-35-19-17-15-13-11-8-2/h69-73,78H,7-68H2,1-6H3,(H,83,84)(H,85,86)/t70?,71-,72-,73-/m1/s1. The number of esters is 4. The van der Waals surface area contributed by atoms with E-state index in [-0.39, 0.29) is 25.7 Å². The average molecular weight is 1410 g/mol. The predicted octanol–water partition coefficient (Wildman–Crippen LogP) is 22.7. The molecule has 17 nitrogen and oxygen atoms in total. The molecular weight excluding hydrogens is 1260 g/mol. The SMILES string of the molecule is CCCCCCCCCCCCCCCCCCCCC(=O)OC[C@H](COP(=O)(O)OC[C@@H](O)COP(=O)(O)OC[C@@H](COC(=O)CCCCCCCCCCCC)OC(=O)CCCCCCCCCC(C)C)OC(=O)CCCCCCCCCCCCCCCCC(C)CC. The number of carbonyl (C=O) groups excluding carboxylic acids is 4. The van der Waals surface area contributed by atoms with Crippen molar-refractivity contribution in [3.8, 4) is 0 Å². The molecule has 19 heteroatoms. The van der Waals surface area contributed by atoms with Gasteiger partial charge in [-0.25, -0.2) is 9.13 Å². The van der Waals surface area contributed by atoms with E-state index in [1.807, 2.05) is 0 Å². The van der Waals surface area contributed by atoms with E-state index in [1.165, 1.54) is 218 Å². The summed E-state index contributed by atoms with van der Waals surface area (Å²) in [5.41, 5.74) is 0. The van der Waals surface area contributed by atoms with Gasteiger partial charge in [0, 0.05) is 25.7 Å². The third kappa shape index (κ3) is 69.2. The Morgan fingerprint density at radius 1 is 0.302 bits per heavy atom. The Morgan fingerprint density at radius 2 is 0.531 bits per heavy atom. The van der Waals surface area contributed by atoms with Gasteiger partial charge < -0.3 is 33.8 Å². The number of phosphoric acid groups is 2. The minimum Gasteiger partial charge on any atom is -0.462 e. The highest BCUT2D eigenvalue weighted by Gasteiger charge is 2.30. The van der Waals surface area contributed by atoms with E-state index in [9.17, 15) is 43.2 Å². The Kier molecular flexibility index (Phi) is 67.4. The number of aliphatic hydroxyl groups excluding tert-OH is 1.